The van der Waals surface area contributed by atoms with Crippen LogP contribution in [-0.2, 0) is 10.0 Å². The van der Waals surface area contributed by atoms with Crippen molar-refractivity contribution in [3.05, 3.63) is 54.1 Å². The summed E-state index contributed by atoms with van der Waals surface area (Å²) < 4.78 is 47.5. The number of nitrogens with zero attached hydrogens (tertiary/aromatic N) is 3. The van der Waals surface area contributed by atoms with Crippen LogP contribution in [0.5, 0.6) is 11.6 Å². The lowest BCUT2D eigenvalue weighted by molar-refractivity contribution is 0.410. The number of rotatable bonds is 9. The second-order valence-electron chi connectivity index (χ2n) is 9.00. The third-order valence-corrected chi connectivity index (χ3v) is 7.47. The van der Waals surface area contributed by atoms with Crippen LogP contribution in [0.1, 0.15) is 44.6 Å². The number of aryl methyl sites for hydroxylation is 1. The summed E-state index contributed by atoms with van der Waals surface area (Å²) in [5.41, 5.74) is 7.70. The maximum absolute atomic E-state index is 15.0. The van der Waals surface area contributed by atoms with Crippen molar-refractivity contribution in [2.75, 3.05) is 15.8 Å². The van der Waals surface area contributed by atoms with Gasteiger partial charge in [0.1, 0.15) is 0 Å². The molecule has 12 heteroatoms. The van der Waals surface area contributed by atoms with Gasteiger partial charge in [0.25, 0.3) is 0 Å². The van der Waals surface area contributed by atoms with Gasteiger partial charge < -0.3 is 15.8 Å². The van der Waals surface area contributed by atoms with Crippen molar-refractivity contribution in [2.24, 2.45) is 5.73 Å². The van der Waals surface area contributed by atoms with Crippen LogP contribution in [0.4, 0.5) is 16.0 Å². The maximum Gasteiger partial charge on any atom is 0.232 e. The molecule has 0 unspecified atom stereocenters. The minimum absolute atomic E-state index is 0. The fourth-order valence-electron chi connectivity index (χ4n) is 4.21. The SMILES string of the molecule is CCCS(=O)(=O)Nc1cc(C)c(Oc2ncccc2-c2ccnc(N[C@H]3CC[C@H](N)CC3)n2)c(F)c1.Cl. The quantitative estimate of drug-likeness (QED) is 0.338. The lowest BCUT2D eigenvalue weighted by atomic mass is 9.92. The molecule has 1 aliphatic carbocycles. The van der Waals surface area contributed by atoms with Crippen LogP contribution < -0.4 is 20.5 Å². The zero-order chi connectivity index (χ0) is 25.7. The molecule has 3 aromatic rings. The van der Waals surface area contributed by atoms with Gasteiger partial charge in [0.2, 0.25) is 21.9 Å². The van der Waals surface area contributed by atoms with Gasteiger partial charge in [-0.1, -0.05) is 6.92 Å². The van der Waals surface area contributed by atoms with Gasteiger partial charge in [-0.2, -0.15) is 0 Å². The molecule has 4 N–H and O–H groups in total. The molecule has 4 rings (SSSR count). The summed E-state index contributed by atoms with van der Waals surface area (Å²) in [6, 6.07) is 8.40. The van der Waals surface area contributed by atoms with Gasteiger partial charge in [-0.25, -0.2) is 27.8 Å². The second kappa shape index (κ2) is 12.5. The van der Waals surface area contributed by atoms with Crippen LogP contribution in [0, 0.1) is 12.7 Å². The first-order valence-corrected chi connectivity index (χ1v) is 13.7. The number of nitrogens with two attached hydrogens (primary N) is 1. The van der Waals surface area contributed by atoms with E-state index in [2.05, 4.69) is 25.0 Å². The van der Waals surface area contributed by atoms with Gasteiger partial charge in [-0.3, -0.25) is 4.72 Å². The molecule has 9 nitrogen and oxygen atoms in total. The summed E-state index contributed by atoms with van der Waals surface area (Å²) in [6.07, 6.45) is 7.49. The van der Waals surface area contributed by atoms with Crippen LogP contribution in [0.3, 0.4) is 0 Å². The summed E-state index contributed by atoms with van der Waals surface area (Å²) in [4.78, 5) is 13.3. The fourth-order valence-corrected chi connectivity index (χ4v) is 5.32. The minimum Gasteiger partial charge on any atom is -0.435 e. The molecule has 1 saturated carbocycles. The number of halogens is 2. The van der Waals surface area contributed by atoms with E-state index in [0.717, 1.165) is 31.7 Å². The van der Waals surface area contributed by atoms with E-state index in [1.54, 1.807) is 44.4 Å². The van der Waals surface area contributed by atoms with Crippen molar-refractivity contribution in [2.45, 2.75) is 58.0 Å². The topological polar surface area (TPSA) is 132 Å². The molecule has 0 bridgehead atoms. The van der Waals surface area contributed by atoms with Crippen LogP contribution in [0.25, 0.3) is 11.3 Å². The van der Waals surface area contributed by atoms with Crippen LogP contribution in [0.15, 0.2) is 42.7 Å². The van der Waals surface area contributed by atoms with Crippen molar-refractivity contribution in [3.63, 3.8) is 0 Å². The largest absolute Gasteiger partial charge is 0.435 e. The molecule has 0 atom stereocenters. The lowest BCUT2D eigenvalue weighted by Crippen LogP contribution is -2.33. The standard InChI is InChI=1S/C25H31FN6O3S.ClH/c1-3-13-36(33,34)32-19-14-16(2)23(21(26)15-19)35-24-20(5-4-11-28-24)22-10-12-29-25(31-22)30-18-8-6-17(27)7-9-18;/h4-5,10-12,14-15,17-18,32H,3,6-9,13,27H2,1-2H3,(H,29,30,31);1H/t17-,18-;. The van der Waals surface area contributed by atoms with Gasteiger partial charge in [0.05, 0.1) is 22.7 Å². The smallest absolute Gasteiger partial charge is 0.232 e. The van der Waals surface area contributed by atoms with Crippen molar-refractivity contribution in [3.8, 4) is 22.9 Å². The summed E-state index contributed by atoms with van der Waals surface area (Å²) in [6.45, 7) is 3.40. The number of sulfonamides is 1. The molecule has 0 radical (unpaired) electrons. The number of ether oxygens (including phenoxy) is 1. The van der Waals surface area contributed by atoms with Gasteiger partial charge in [0, 0.05) is 30.5 Å². The zero-order valence-corrected chi connectivity index (χ0v) is 22.4. The molecule has 37 heavy (non-hydrogen) atoms. The number of anilines is 2. The summed E-state index contributed by atoms with van der Waals surface area (Å²) in [7, 11) is -3.55. The number of aromatic nitrogens is 3. The Kier molecular flexibility index (Phi) is 9.63. The predicted molar refractivity (Wildman–Crippen MR) is 145 cm³/mol. The number of hydrogen-bond acceptors (Lipinski definition) is 8. The monoisotopic (exact) mass is 550 g/mol. The van der Waals surface area contributed by atoms with Crippen LogP contribution >= 0.6 is 12.4 Å². The van der Waals surface area contributed by atoms with Gasteiger partial charge >= 0.3 is 0 Å². The molecule has 2 heterocycles. The fraction of sp³-hybridized carbons (Fsp3) is 0.400. The van der Waals surface area contributed by atoms with E-state index in [0.29, 0.717) is 29.2 Å². The molecule has 0 saturated heterocycles. The second-order valence-corrected chi connectivity index (χ2v) is 10.8. The van der Waals surface area contributed by atoms with Crippen molar-refractivity contribution in [1.82, 2.24) is 15.0 Å². The normalized spacial score (nSPS) is 17.5. The highest BCUT2D eigenvalue weighted by Crippen LogP contribution is 2.35. The highest BCUT2D eigenvalue weighted by molar-refractivity contribution is 7.92. The van der Waals surface area contributed by atoms with Gasteiger partial charge in [-0.15, -0.1) is 12.4 Å². The number of benzene rings is 1. The first-order valence-electron chi connectivity index (χ1n) is 12.0. The Morgan fingerprint density at radius 2 is 1.89 bits per heavy atom. The molecule has 1 aromatic carbocycles. The highest BCUT2D eigenvalue weighted by atomic mass is 35.5. The number of nitrogens with one attached hydrogen (secondary N) is 2. The Labute approximate surface area is 222 Å². The molecular formula is C25H32ClFN6O3S. The predicted octanol–water partition coefficient (Wildman–Crippen LogP) is 5.03. The maximum atomic E-state index is 15.0. The summed E-state index contributed by atoms with van der Waals surface area (Å²) >= 11 is 0. The number of pyridine rings is 1. The number of hydrogen-bond donors (Lipinski definition) is 3. The third kappa shape index (κ3) is 7.50. The van der Waals surface area contributed by atoms with Crippen LogP contribution in [-0.4, -0.2) is 41.2 Å². The van der Waals surface area contributed by atoms with Crippen molar-refractivity contribution >= 4 is 34.1 Å². The van der Waals surface area contributed by atoms with Crippen LogP contribution in [0.2, 0.25) is 0 Å². The lowest BCUT2D eigenvalue weighted by Gasteiger charge is -2.26. The highest BCUT2D eigenvalue weighted by Gasteiger charge is 2.20. The molecule has 1 fully saturated rings. The molecule has 0 spiro atoms. The molecule has 0 amide bonds. The Morgan fingerprint density at radius 3 is 2.59 bits per heavy atom. The molecule has 200 valence electrons. The van der Waals surface area contributed by atoms with Crippen molar-refractivity contribution < 1.29 is 17.5 Å². The Balaban J connectivity index is 0.00000380. The van der Waals surface area contributed by atoms with E-state index >= 15 is 4.39 Å². The summed E-state index contributed by atoms with van der Waals surface area (Å²) in [5.74, 6) is -0.130. The average Bonchev–Trinajstić information content (AvgIpc) is 2.83. The first kappa shape index (κ1) is 28.5. The average molecular weight is 551 g/mol. The zero-order valence-electron chi connectivity index (χ0n) is 20.8. The van der Waals surface area contributed by atoms with Gasteiger partial charge in [0.15, 0.2) is 11.6 Å². The van der Waals surface area contributed by atoms with E-state index in [4.69, 9.17) is 10.5 Å². The minimum atomic E-state index is -3.55. The van der Waals surface area contributed by atoms with E-state index in [-0.39, 0.29) is 47.6 Å². The van der Waals surface area contributed by atoms with E-state index < -0.39 is 15.8 Å². The Hall–Kier alpha value is -3.02. The van der Waals surface area contributed by atoms with Crippen molar-refractivity contribution in [1.29, 1.82) is 0 Å². The third-order valence-electron chi connectivity index (χ3n) is 5.98. The molecule has 0 aliphatic heterocycles. The molecule has 2 aromatic heterocycles. The Morgan fingerprint density at radius 1 is 1.14 bits per heavy atom. The molecular weight excluding hydrogens is 519 g/mol. The summed E-state index contributed by atoms with van der Waals surface area (Å²) in [5, 5.41) is 3.38. The van der Waals surface area contributed by atoms with E-state index in [1.165, 1.54) is 6.07 Å². The Bertz CT molecular complexity index is 1300. The molecule has 1 aliphatic rings. The van der Waals surface area contributed by atoms with E-state index in [1.807, 2.05) is 0 Å². The van der Waals surface area contributed by atoms with Gasteiger partial charge in [-0.05, 0) is 68.9 Å². The first-order chi connectivity index (χ1) is 17.2. The van der Waals surface area contributed by atoms with E-state index in [9.17, 15) is 8.42 Å².